The maximum atomic E-state index is 7.80. The third kappa shape index (κ3) is 8.59. The fourth-order valence-electron chi connectivity index (χ4n) is 9.77. The summed E-state index contributed by atoms with van der Waals surface area (Å²) in [5, 5.41) is 9.13. The third-order valence-corrected chi connectivity index (χ3v) is 13.9. The van der Waals surface area contributed by atoms with E-state index in [-0.39, 0.29) is 27.7 Å². The first-order valence-electron chi connectivity index (χ1n) is 24.0. The number of rotatable bonds is 6. The second-order valence-electron chi connectivity index (χ2n) is 23.0. The van der Waals surface area contributed by atoms with Crippen LogP contribution >= 0.6 is 0 Å². The summed E-state index contributed by atoms with van der Waals surface area (Å²) in [5.41, 5.74) is 26.7. The molecular formula is C64H68N2. The predicted molar refractivity (Wildman–Crippen MR) is 288 cm³/mol. The number of nitrogen functional groups attached to an aromatic ring is 1. The first-order chi connectivity index (χ1) is 31.1. The van der Waals surface area contributed by atoms with Crippen LogP contribution in [-0.4, -0.2) is 0 Å². The van der Waals surface area contributed by atoms with Crippen LogP contribution in [0.1, 0.15) is 145 Å². The molecule has 3 N–H and O–H groups in total. The van der Waals surface area contributed by atoms with Gasteiger partial charge in [0.15, 0.2) is 0 Å². The van der Waals surface area contributed by atoms with Crippen LogP contribution in [0.15, 0.2) is 151 Å². The molecule has 0 amide bonds. The van der Waals surface area contributed by atoms with Gasteiger partial charge in [0.2, 0.25) is 0 Å². The van der Waals surface area contributed by atoms with Gasteiger partial charge >= 0.3 is 0 Å². The van der Waals surface area contributed by atoms with Crippen LogP contribution in [0, 0.1) is 0 Å². The highest BCUT2D eigenvalue weighted by Crippen LogP contribution is 2.51. The lowest BCUT2D eigenvalue weighted by Gasteiger charge is -2.36. The summed E-state index contributed by atoms with van der Waals surface area (Å²) in [6.45, 7) is 27.8. The molecule has 0 saturated heterocycles. The highest BCUT2D eigenvalue weighted by atomic mass is 14.9. The maximum Gasteiger partial charge on any atom is 0.0780 e. The van der Waals surface area contributed by atoms with Crippen LogP contribution < -0.4 is 11.1 Å². The Hall–Kier alpha value is -6.38. The van der Waals surface area contributed by atoms with Gasteiger partial charge in [-0.05, 0) is 147 Å². The fourth-order valence-corrected chi connectivity index (χ4v) is 9.77. The molecule has 0 aromatic heterocycles. The Balaban J connectivity index is 1.36. The van der Waals surface area contributed by atoms with Crippen molar-refractivity contribution in [1.82, 2.24) is 5.32 Å². The van der Waals surface area contributed by atoms with Gasteiger partial charge in [0, 0.05) is 22.5 Å². The number of anilines is 1. The van der Waals surface area contributed by atoms with Crippen molar-refractivity contribution in [3.8, 4) is 11.1 Å². The number of dihydropyridines is 1. The van der Waals surface area contributed by atoms with E-state index in [4.69, 9.17) is 5.73 Å². The molecular weight excluding hydrogens is 797 g/mol. The first kappa shape index (κ1) is 44.8. The zero-order valence-corrected chi connectivity index (χ0v) is 41.4. The monoisotopic (exact) mass is 865 g/mol. The van der Waals surface area contributed by atoms with Crippen LogP contribution in [0.25, 0.3) is 56.1 Å². The summed E-state index contributed by atoms with van der Waals surface area (Å²) in [4.78, 5) is 0. The molecule has 7 aromatic rings. The smallest absolute Gasteiger partial charge is 0.0780 e. The molecule has 334 valence electrons. The van der Waals surface area contributed by atoms with Crippen LogP contribution in [0.3, 0.4) is 0 Å². The second kappa shape index (κ2) is 16.5. The lowest BCUT2D eigenvalue weighted by molar-refractivity contribution is 0.589. The van der Waals surface area contributed by atoms with Crippen LogP contribution in [0.2, 0.25) is 0 Å². The summed E-state index contributed by atoms with van der Waals surface area (Å²) in [5.74, 6) is 0. The topological polar surface area (TPSA) is 38.0 Å². The molecule has 0 bridgehead atoms. The second-order valence-corrected chi connectivity index (χ2v) is 23.0. The average Bonchev–Trinajstić information content (AvgIpc) is 3.27. The van der Waals surface area contributed by atoms with Gasteiger partial charge in [0.25, 0.3) is 0 Å². The molecule has 1 unspecified atom stereocenters. The molecule has 0 radical (unpaired) electrons. The molecule has 1 aliphatic heterocycles. The highest BCUT2D eigenvalue weighted by molar-refractivity contribution is 6.09. The summed E-state index contributed by atoms with van der Waals surface area (Å²) < 4.78 is 0. The molecule has 0 spiro atoms. The molecule has 1 aliphatic carbocycles. The van der Waals surface area contributed by atoms with Crippen molar-refractivity contribution < 1.29 is 0 Å². The van der Waals surface area contributed by atoms with Gasteiger partial charge in [-0.15, -0.1) is 0 Å². The molecule has 2 heteroatoms. The number of nitrogens with one attached hydrogen (secondary N) is 1. The van der Waals surface area contributed by atoms with Gasteiger partial charge in [-0.25, -0.2) is 0 Å². The number of hydrogen-bond acceptors (Lipinski definition) is 2. The molecule has 0 saturated carbocycles. The zero-order chi connectivity index (χ0) is 46.9. The van der Waals surface area contributed by atoms with Crippen LogP contribution in [0.4, 0.5) is 5.69 Å². The molecule has 1 heterocycles. The minimum Gasteiger partial charge on any atom is -0.398 e. The van der Waals surface area contributed by atoms with Crippen molar-refractivity contribution >= 4 is 50.7 Å². The van der Waals surface area contributed by atoms with E-state index in [0.717, 1.165) is 40.1 Å². The summed E-state index contributed by atoms with van der Waals surface area (Å²) in [7, 11) is 0. The molecule has 2 aliphatic rings. The Morgan fingerprint density at radius 1 is 0.530 bits per heavy atom. The zero-order valence-electron chi connectivity index (χ0n) is 41.4. The van der Waals surface area contributed by atoms with Gasteiger partial charge in [-0.3, -0.25) is 0 Å². The quantitative estimate of drug-likeness (QED) is 0.163. The first-order valence-corrected chi connectivity index (χ1v) is 24.0. The van der Waals surface area contributed by atoms with Crippen molar-refractivity contribution in [2.24, 2.45) is 0 Å². The standard InChI is InChI=1S/C64H68N2/c1-61(2,3)44-26-28-48-42(32-44)34-46(63(7,8)9)36-52(48)54-39-57-56(59(65)50(54)25-19-22-40-20-15-13-16-21-40)38-55(51-30-31-58(66-60(51)57)41-23-17-14-18-24-41)53-37-47(64(10,11)12)35-43-33-45(62(4,5)6)27-29-49(43)53/h13-21,23-39,60,66H,22,65H2,1-12H3/b25-19-. The normalized spacial score (nSPS) is 15.6. The molecule has 9 rings (SSSR count). The van der Waals surface area contributed by atoms with E-state index < -0.39 is 0 Å². The average molecular weight is 865 g/mol. The number of allylic oxidation sites excluding steroid dienone is 3. The summed E-state index contributed by atoms with van der Waals surface area (Å²) in [6.07, 6.45) is 12.4. The number of benzene rings is 7. The molecule has 7 aromatic carbocycles. The van der Waals surface area contributed by atoms with Gasteiger partial charge in [0.1, 0.15) is 0 Å². The SMILES string of the molecule is CC(C)(C)c1ccc2c(C3=Cc4c(cc(-c5cc(C(C)(C)C)cc6cc(C(C)(C)C)ccc56)c(/C=C\Cc5ccccc5)c4N)C4NC(c5ccccc5)=CC=C34)cc(C(C)(C)C)cc2c1. The summed E-state index contributed by atoms with van der Waals surface area (Å²) in [6, 6.07) is 47.7. The minimum absolute atomic E-state index is 0.0175. The van der Waals surface area contributed by atoms with Crippen molar-refractivity contribution in [3.05, 3.63) is 207 Å². The van der Waals surface area contributed by atoms with Gasteiger partial charge in [-0.2, -0.15) is 0 Å². The Morgan fingerprint density at radius 3 is 1.61 bits per heavy atom. The maximum absolute atomic E-state index is 7.80. The Morgan fingerprint density at radius 2 is 1.05 bits per heavy atom. The molecule has 1 atom stereocenters. The third-order valence-electron chi connectivity index (χ3n) is 13.9. The van der Waals surface area contributed by atoms with E-state index in [1.807, 2.05) is 0 Å². The van der Waals surface area contributed by atoms with E-state index in [2.05, 4.69) is 246 Å². The Bertz CT molecular complexity index is 3130. The van der Waals surface area contributed by atoms with E-state index in [0.29, 0.717) is 0 Å². The van der Waals surface area contributed by atoms with E-state index in [1.165, 1.54) is 77.2 Å². The number of fused-ring (bicyclic) bond motifs is 5. The molecule has 0 fully saturated rings. The Kier molecular flexibility index (Phi) is 11.2. The van der Waals surface area contributed by atoms with Crippen LogP contribution in [0.5, 0.6) is 0 Å². The fraction of sp³-hybridized carbons (Fsp3) is 0.281. The lowest BCUT2D eigenvalue weighted by atomic mass is 9.74. The van der Waals surface area contributed by atoms with Crippen molar-refractivity contribution in [1.29, 1.82) is 0 Å². The highest BCUT2D eigenvalue weighted by Gasteiger charge is 2.34. The molecule has 2 nitrogen and oxygen atoms in total. The van der Waals surface area contributed by atoms with Crippen molar-refractivity contribution in [2.45, 2.75) is 117 Å². The number of nitrogens with two attached hydrogens (primary N) is 1. The predicted octanol–water partition coefficient (Wildman–Crippen LogP) is 16.9. The van der Waals surface area contributed by atoms with Crippen molar-refractivity contribution in [3.63, 3.8) is 0 Å². The summed E-state index contributed by atoms with van der Waals surface area (Å²) >= 11 is 0. The van der Waals surface area contributed by atoms with E-state index in [9.17, 15) is 0 Å². The molecule has 66 heavy (non-hydrogen) atoms. The largest absolute Gasteiger partial charge is 0.398 e. The Labute approximate surface area is 395 Å². The van der Waals surface area contributed by atoms with Gasteiger partial charge in [-0.1, -0.05) is 211 Å². The number of hydrogen-bond donors (Lipinski definition) is 2. The van der Waals surface area contributed by atoms with Gasteiger partial charge in [0.05, 0.1) is 6.04 Å². The minimum atomic E-state index is -0.157. The van der Waals surface area contributed by atoms with Crippen LogP contribution in [-0.2, 0) is 28.1 Å². The van der Waals surface area contributed by atoms with Gasteiger partial charge < -0.3 is 11.1 Å². The van der Waals surface area contributed by atoms with E-state index >= 15 is 0 Å². The lowest BCUT2D eigenvalue weighted by Crippen LogP contribution is -2.28. The van der Waals surface area contributed by atoms with E-state index in [1.54, 1.807) is 0 Å². The van der Waals surface area contributed by atoms with Crippen molar-refractivity contribution in [2.75, 3.05) is 5.73 Å².